The molecule has 154 valence electrons. The van der Waals surface area contributed by atoms with Gasteiger partial charge in [-0.15, -0.1) is 0 Å². The first-order valence-electron chi connectivity index (χ1n) is 11.1. The van der Waals surface area contributed by atoms with Crippen LogP contribution in [0.25, 0.3) is 0 Å². The van der Waals surface area contributed by atoms with E-state index in [1.54, 1.807) is 0 Å². The van der Waals surface area contributed by atoms with Gasteiger partial charge in [0.05, 0.1) is 5.92 Å². The molecule has 1 saturated carbocycles. The van der Waals surface area contributed by atoms with E-state index >= 15 is 0 Å². The summed E-state index contributed by atoms with van der Waals surface area (Å²) in [5, 5.41) is 8.05. The Labute approximate surface area is 161 Å². The molecule has 0 spiro atoms. The lowest BCUT2D eigenvalue weighted by Crippen LogP contribution is -2.09. The van der Waals surface area contributed by atoms with Crippen LogP contribution in [0.5, 0.6) is 0 Å². The largest absolute Gasteiger partial charge is 0.481 e. The van der Waals surface area contributed by atoms with Crippen LogP contribution in [0.4, 0.5) is 0 Å². The van der Waals surface area contributed by atoms with Crippen molar-refractivity contribution in [2.75, 3.05) is 0 Å². The molecule has 0 radical (unpaired) electrons. The highest BCUT2D eigenvalue weighted by molar-refractivity contribution is 5.73. The van der Waals surface area contributed by atoms with Crippen LogP contribution in [0.3, 0.4) is 0 Å². The number of hydrogen-bond donors (Lipinski definition) is 2. The fraction of sp³-hybridized carbons (Fsp3) is 0.909. The number of carboxylic acid groups (broad SMARTS) is 1. The number of carboxylic acids is 1. The SMILES string of the molecule is CCCCCCCCCCCCCCCCCC(N)=O.O=C(O)C1CC1. The molecular formula is C22H43NO3. The molecule has 0 bridgehead atoms. The minimum Gasteiger partial charge on any atom is -0.481 e. The zero-order valence-electron chi connectivity index (χ0n) is 17.1. The van der Waals surface area contributed by atoms with Gasteiger partial charge in [-0.1, -0.05) is 96.8 Å². The van der Waals surface area contributed by atoms with Crippen LogP contribution in [-0.2, 0) is 9.59 Å². The molecule has 0 aromatic carbocycles. The first-order valence-corrected chi connectivity index (χ1v) is 11.1. The Morgan fingerprint density at radius 1 is 0.731 bits per heavy atom. The summed E-state index contributed by atoms with van der Waals surface area (Å²) in [6, 6.07) is 0. The van der Waals surface area contributed by atoms with Crippen LogP contribution in [0.1, 0.15) is 122 Å². The molecule has 0 aromatic heterocycles. The van der Waals surface area contributed by atoms with E-state index < -0.39 is 5.97 Å². The number of carbonyl (C=O) groups excluding carboxylic acids is 1. The van der Waals surface area contributed by atoms with Crippen molar-refractivity contribution in [3.63, 3.8) is 0 Å². The number of nitrogens with two attached hydrogens (primary N) is 1. The van der Waals surface area contributed by atoms with Gasteiger partial charge in [-0.3, -0.25) is 9.59 Å². The van der Waals surface area contributed by atoms with Gasteiger partial charge in [0.25, 0.3) is 0 Å². The Morgan fingerprint density at radius 3 is 1.31 bits per heavy atom. The summed E-state index contributed by atoms with van der Waals surface area (Å²) in [5.41, 5.74) is 5.11. The topological polar surface area (TPSA) is 80.4 Å². The average Bonchev–Trinajstić information content (AvgIpc) is 3.44. The van der Waals surface area contributed by atoms with Crippen molar-refractivity contribution >= 4 is 11.9 Å². The Morgan fingerprint density at radius 2 is 1.08 bits per heavy atom. The van der Waals surface area contributed by atoms with E-state index in [0.29, 0.717) is 6.42 Å². The summed E-state index contributed by atoms with van der Waals surface area (Å²) in [4.78, 5) is 20.3. The minimum absolute atomic E-state index is 0.0185. The van der Waals surface area contributed by atoms with Crippen LogP contribution in [0.15, 0.2) is 0 Å². The molecule has 26 heavy (non-hydrogen) atoms. The van der Waals surface area contributed by atoms with Crippen molar-refractivity contribution in [3.8, 4) is 0 Å². The maximum Gasteiger partial charge on any atom is 0.306 e. The molecule has 1 rings (SSSR count). The molecule has 0 atom stereocenters. The Bertz CT molecular complexity index is 340. The van der Waals surface area contributed by atoms with Crippen LogP contribution >= 0.6 is 0 Å². The molecular weight excluding hydrogens is 326 g/mol. The van der Waals surface area contributed by atoms with E-state index in [1.165, 1.54) is 89.9 Å². The fourth-order valence-electron chi connectivity index (χ4n) is 3.00. The number of primary amides is 1. The van der Waals surface area contributed by atoms with Crippen LogP contribution in [0, 0.1) is 5.92 Å². The predicted octanol–water partition coefficient (Wildman–Crippen LogP) is 6.21. The minimum atomic E-state index is -0.630. The monoisotopic (exact) mass is 369 g/mol. The summed E-state index contributed by atoms with van der Waals surface area (Å²) in [7, 11) is 0. The van der Waals surface area contributed by atoms with Crippen molar-refractivity contribution in [1.82, 2.24) is 0 Å². The fourth-order valence-corrected chi connectivity index (χ4v) is 3.00. The van der Waals surface area contributed by atoms with Gasteiger partial charge in [0.15, 0.2) is 0 Å². The maximum atomic E-state index is 10.6. The zero-order chi connectivity index (χ0) is 19.5. The maximum absolute atomic E-state index is 10.6. The highest BCUT2D eigenvalue weighted by Gasteiger charge is 2.28. The molecule has 4 nitrogen and oxygen atoms in total. The normalized spacial score (nSPS) is 13.1. The molecule has 4 heteroatoms. The highest BCUT2D eigenvalue weighted by Crippen LogP contribution is 2.28. The van der Waals surface area contributed by atoms with Crippen molar-refractivity contribution in [2.24, 2.45) is 11.7 Å². The summed E-state index contributed by atoms with van der Waals surface area (Å²) >= 11 is 0. The van der Waals surface area contributed by atoms with Gasteiger partial charge >= 0.3 is 5.97 Å². The second kappa shape index (κ2) is 18.7. The molecule has 0 unspecified atom stereocenters. The molecule has 1 amide bonds. The molecule has 0 aromatic rings. The Balaban J connectivity index is 0.000000867. The van der Waals surface area contributed by atoms with Crippen LogP contribution in [0.2, 0.25) is 0 Å². The third-order valence-electron chi connectivity index (χ3n) is 4.95. The van der Waals surface area contributed by atoms with Crippen molar-refractivity contribution in [1.29, 1.82) is 0 Å². The van der Waals surface area contributed by atoms with Crippen LogP contribution in [-0.4, -0.2) is 17.0 Å². The highest BCUT2D eigenvalue weighted by atomic mass is 16.4. The summed E-state index contributed by atoms with van der Waals surface area (Å²) in [6.07, 6.45) is 22.7. The smallest absolute Gasteiger partial charge is 0.306 e. The summed E-state index contributed by atoms with van der Waals surface area (Å²) in [5.74, 6) is -0.764. The van der Waals surface area contributed by atoms with E-state index in [1.807, 2.05) is 0 Å². The van der Waals surface area contributed by atoms with Gasteiger partial charge in [0.1, 0.15) is 0 Å². The lowest BCUT2D eigenvalue weighted by molar-refractivity contribution is -0.138. The van der Waals surface area contributed by atoms with E-state index in [2.05, 4.69) is 6.92 Å². The second-order valence-electron chi connectivity index (χ2n) is 7.78. The lowest BCUT2D eigenvalue weighted by atomic mass is 10.0. The number of rotatable bonds is 17. The van der Waals surface area contributed by atoms with Crippen molar-refractivity contribution in [2.45, 2.75) is 122 Å². The standard InChI is InChI=1S/C18H37NO.C4H6O2/c1-2-3-4-5-6-7-8-9-10-11-12-13-14-15-16-17-18(19)20;5-4(6)3-1-2-3/h2-17H2,1H3,(H2,19,20);3H,1-2H2,(H,5,6). The first-order chi connectivity index (χ1) is 12.6. The van der Waals surface area contributed by atoms with E-state index in [-0.39, 0.29) is 11.8 Å². The molecule has 0 heterocycles. The molecule has 1 fully saturated rings. The van der Waals surface area contributed by atoms with Gasteiger partial charge < -0.3 is 10.8 Å². The third kappa shape index (κ3) is 21.0. The zero-order valence-corrected chi connectivity index (χ0v) is 17.1. The van der Waals surface area contributed by atoms with Gasteiger partial charge in [-0.2, -0.15) is 0 Å². The number of unbranched alkanes of at least 4 members (excludes halogenated alkanes) is 14. The van der Waals surface area contributed by atoms with Gasteiger partial charge in [0, 0.05) is 6.42 Å². The molecule has 3 N–H and O–H groups in total. The lowest BCUT2D eigenvalue weighted by Gasteiger charge is -2.03. The first kappa shape index (κ1) is 24.9. The Hall–Kier alpha value is -1.06. The summed E-state index contributed by atoms with van der Waals surface area (Å²) in [6.45, 7) is 2.28. The third-order valence-corrected chi connectivity index (χ3v) is 4.95. The number of hydrogen-bond acceptors (Lipinski definition) is 2. The number of amides is 1. The van der Waals surface area contributed by atoms with E-state index in [0.717, 1.165) is 19.3 Å². The molecule has 1 aliphatic carbocycles. The van der Waals surface area contributed by atoms with Crippen molar-refractivity contribution < 1.29 is 14.7 Å². The average molecular weight is 370 g/mol. The molecule has 0 aliphatic heterocycles. The van der Waals surface area contributed by atoms with Gasteiger partial charge in [-0.05, 0) is 19.3 Å². The van der Waals surface area contributed by atoms with E-state index in [4.69, 9.17) is 10.8 Å². The number of carbonyl (C=O) groups is 2. The predicted molar refractivity (Wildman–Crippen MR) is 109 cm³/mol. The van der Waals surface area contributed by atoms with Crippen molar-refractivity contribution in [3.05, 3.63) is 0 Å². The van der Waals surface area contributed by atoms with Crippen LogP contribution < -0.4 is 5.73 Å². The molecule has 1 aliphatic rings. The quantitative estimate of drug-likeness (QED) is 0.299. The summed E-state index contributed by atoms with van der Waals surface area (Å²) < 4.78 is 0. The second-order valence-corrected chi connectivity index (χ2v) is 7.78. The molecule has 0 saturated heterocycles. The van der Waals surface area contributed by atoms with Gasteiger partial charge in [-0.25, -0.2) is 0 Å². The van der Waals surface area contributed by atoms with E-state index in [9.17, 15) is 9.59 Å². The number of aliphatic carboxylic acids is 1. The Kier molecular flexibility index (Phi) is 18.0. The van der Waals surface area contributed by atoms with Gasteiger partial charge in [0.2, 0.25) is 5.91 Å².